The molecule has 4 aliphatic heterocycles. The predicted molar refractivity (Wildman–Crippen MR) is 147 cm³/mol. The second-order valence-electron chi connectivity index (χ2n) is 13.2. The Hall–Kier alpha value is -2.62. The lowest BCUT2D eigenvalue weighted by Crippen LogP contribution is -2.62. The zero-order valence-electron chi connectivity index (χ0n) is 24.2. The monoisotopic (exact) mass is 574 g/mol. The smallest absolute Gasteiger partial charge is 0.341 e. The van der Waals surface area contributed by atoms with E-state index < -0.39 is 23.0 Å². The van der Waals surface area contributed by atoms with Crippen molar-refractivity contribution < 1.29 is 27.6 Å². The standard InChI is InChI=1S/C31H41F3N4O3/c1-4-36-27(40)30(38(20(2)3)28(36)41)15-23-11-12-24(16-30)37(23)18-22-17-35(19-25(22)21-9-6-5-7-10-21)26(39)29(13-8-14-29)31(32,33)34/h5-7,9-10,20,22-25H,4,8,11-19H2,1-3H3/t22-,23?,24?,25-,30?/m1/s1. The Labute approximate surface area is 240 Å². The molecule has 1 aliphatic carbocycles. The molecule has 5 fully saturated rings. The highest BCUT2D eigenvalue weighted by Crippen LogP contribution is 2.55. The van der Waals surface area contributed by atoms with Gasteiger partial charge in [0.25, 0.3) is 5.91 Å². The maximum absolute atomic E-state index is 14.1. The Kier molecular flexibility index (Phi) is 6.94. The highest BCUT2D eigenvalue weighted by Gasteiger charge is 2.66. The van der Waals surface area contributed by atoms with Gasteiger partial charge < -0.3 is 9.80 Å². The number of likely N-dealkylation sites (N-methyl/N-ethyl adjacent to an activating group) is 1. The molecule has 41 heavy (non-hydrogen) atoms. The molecule has 4 atom stereocenters. The van der Waals surface area contributed by atoms with Gasteiger partial charge in [0.1, 0.15) is 11.0 Å². The molecule has 224 valence electrons. The minimum atomic E-state index is -4.54. The second-order valence-corrected chi connectivity index (χ2v) is 13.2. The maximum atomic E-state index is 14.1. The van der Waals surface area contributed by atoms with Crippen LogP contribution in [0, 0.1) is 11.3 Å². The first-order valence-electron chi connectivity index (χ1n) is 15.3. The van der Waals surface area contributed by atoms with Crippen molar-refractivity contribution in [1.82, 2.24) is 19.6 Å². The molecule has 6 rings (SSSR count). The minimum Gasteiger partial charge on any atom is -0.341 e. The van der Waals surface area contributed by atoms with E-state index in [0.29, 0.717) is 38.9 Å². The number of amides is 4. The summed E-state index contributed by atoms with van der Waals surface area (Å²) in [6, 6.07) is 9.74. The van der Waals surface area contributed by atoms with Gasteiger partial charge in [-0.25, -0.2) is 4.79 Å². The van der Waals surface area contributed by atoms with Gasteiger partial charge in [-0.3, -0.25) is 19.4 Å². The lowest BCUT2D eigenvalue weighted by molar-refractivity contribution is -0.248. The molecule has 1 aromatic carbocycles. The van der Waals surface area contributed by atoms with E-state index in [2.05, 4.69) is 4.90 Å². The summed E-state index contributed by atoms with van der Waals surface area (Å²) in [6.07, 6.45) is -1.37. The summed E-state index contributed by atoms with van der Waals surface area (Å²) in [4.78, 5) is 47.5. The minimum absolute atomic E-state index is 0.0156. The summed E-state index contributed by atoms with van der Waals surface area (Å²) in [5.41, 5.74) is -2.02. The third kappa shape index (κ3) is 4.21. The van der Waals surface area contributed by atoms with Gasteiger partial charge in [-0.05, 0) is 70.8 Å². The molecule has 4 heterocycles. The largest absolute Gasteiger partial charge is 0.403 e. The first-order valence-corrected chi connectivity index (χ1v) is 15.3. The van der Waals surface area contributed by atoms with Gasteiger partial charge in [-0.2, -0.15) is 13.2 Å². The van der Waals surface area contributed by atoms with Crippen molar-refractivity contribution in [2.75, 3.05) is 26.2 Å². The summed E-state index contributed by atoms with van der Waals surface area (Å²) < 4.78 is 42.3. The van der Waals surface area contributed by atoms with Crippen LogP contribution >= 0.6 is 0 Å². The lowest BCUT2D eigenvalue weighted by Gasteiger charge is -2.48. The van der Waals surface area contributed by atoms with Crippen LogP contribution in [0.5, 0.6) is 0 Å². The fourth-order valence-corrected chi connectivity index (χ4v) is 8.76. The number of hydrogen-bond acceptors (Lipinski definition) is 4. The van der Waals surface area contributed by atoms with Gasteiger partial charge in [0.2, 0.25) is 5.91 Å². The number of halogens is 3. The number of likely N-dealkylation sites (tertiary alicyclic amines) is 1. The number of nitrogens with zero attached hydrogens (tertiary/aromatic N) is 4. The van der Waals surface area contributed by atoms with E-state index in [-0.39, 0.29) is 61.3 Å². The lowest BCUT2D eigenvalue weighted by atomic mass is 9.67. The van der Waals surface area contributed by atoms with Gasteiger partial charge in [-0.15, -0.1) is 0 Å². The molecular weight excluding hydrogens is 533 g/mol. The van der Waals surface area contributed by atoms with E-state index >= 15 is 0 Å². The molecule has 1 aromatic rings. The highest BCUT2D eigenvalue weighted by molar-refractivity contribution is 6.07. The Morgan fingerprint density at radius 1 is 1.02 bits per heavy atom. The van der Waals surface area contributed by atoms with Crippen molar-refractivity contribution in [2.24, 2.45) is 11.3 Å². The molecule has 0 radical (unpaired) electrons. The van der Waals surface area contributed by atoms with Gasteiger partial charge in [0.05, 0.1) is 0 Å². The molecule has 0 N–H and O–H groups in total. The van der Waals surface area contributed by atoms with Crippen molar-refractivity contribution in [2.45, 2.75) is 101 Å². The molecule has 2 unspecified atom stereocenters. The Bertz CT molecular complexity index is 1190. The van der Waals surface area contributed by atoms with Gasteiger partial charge in [0, 0.05) is 50.2 Å². The summed E-state index contributed by atoms with van der Waals surface area (Å²) in [5, 5.41) is 0. The number of fused-ring (bicyclic) bond motifs is 2. The molecular formula is C31H41F3N4O3. The first kappa shape index (κ1) is 28.5. The molecule has 2 bridgehead atoms. The molecule has 4 saturated heterocycles. The van der Waals surface area contributed by atoms with E-state index in [1.165, 1.54) is 9.80 Å². The van der Waals surface area contributed by atoms with Gasteiger partial charge in [0.15, 0.2) is 0 Å². The second kappa shape index (κ2) is 9.99. The Morgan fingerprint density at radius 3 is 2.17 bits per heavy atom. The predicted octanol–water partition coefficient (Wildman–Crippen LogP) is 5.02. The summed E-state index contributed by atoms with van der Waals surface area (Å²) in [5.74, 6) is -0.924. The average Bonchev–Trinajstić information content (AvgIpc) is 3.47. The topological polar surface area (TPSA) is 64.2 Å². The van der Waals surface area contributed by atoms with Crippen LogP contribution in [0.25, 0.3) is 0 Å². The Balaban J connectivity index is 1.25. The van der Waals surface area contributed by atoms with Gasteiger partial charge in [-0.1, -0.05) is 36.8 Å². The first-order chi connectivity index (χ1) is 19.4. The molecule has 4 amide bonds. The van der Waals surface area contributed by atoms with Crippen molar-refractivity contribution >= 4 is 17.8 Å². The van der Waals surface area contributed by atoms with E-state index in [1.54, 1.807) is 4.90 Å². The van der Waals surface area contributed by atoms with Crippen LogP contribution in [0.4, 0.5) is 18.0 Å². The number of carbonyl (C=O) groups excluding carboxylic acids is 3. The van der Waals surface area contributed by atoms with Crippen LogP contribution in [-0.4, -0.2) is 93.5 Å². The SMILES string of the molecule is CCN1C(=O)N(C(C)C)C2(CC3CCC(C2)N3C[C@H]2CN(C(=O)C3(C(F)(F)F)CCC3)C[C@@H]2c2ccccc2)C1=O. The van der Waals surface area contributed by atoms with Crippen molar-refractivity contribution in [3.8, 4) is 0 Å². The van der Waals surface area contributed by atoms with Crippen LogP contribution in [0.1, 0.15) is 77.2 Å². The number of piperidine rings is 1. The Morgan fingerprint density at radius 2 is 1.66 bits per heavy atom. The number of imide groups is 1. The quantitative estimate of drug-likeness (QED) is 0.448. The molecule has 1 spiro atoms. The molecule has 5 aliphatic rings. The number of alkyl halides is 3. The molecule has 7 nitrogen and oxygen atoms in total. The fraction of sp³-hybridized carbons (Fsp3) is 0.710. The van der Waals surface area contributed by atoms with Crippen LogP contribution in [0.3, 0.4) is 0 Å². The number of hydrogen-bond donors (Lipinski definition) is 0. The molecule has 1 saturated carbocycles. The average molecular weight is 575 g/mol. The zero-order valence-corrected chi connectivity index (χ0v) is 24.2. The van der Waals surface area contributed by atoms with Crippen molar-refractivity contribution in [3.05, 3.63) is 35.9 Å². The van der Waals surface area contributed by atoms with E-state index in [4.69, 9.17) is 0 Å². The number of benzene rings is 1. The number of rotatable bonds is 6. The van der Waals surface area contributed by atoms with Crippen LogP contribution < -0.4 is 0 Å². The van der Waals surface area contributed by atoms with Gasteiger partial charge >= 0.3 is 12.2 Å². The third-order valence-electron chi connectivity index (χ3n) is 10.9. The normalized spacial score (nSPS) is 33.4. The zero-order chi connectivity index (χ0) is 29.3. The summed E-state index contributed by atoms with van der Waals surface area (Å²) in [7, 11) is 0. The van der Waals surface area contributed by atoms with Crippen molar-refractivity contribution in [3.63, 3.8) is 0 Å². The van der Waals surface area contributed by atoms with E-state index in [1.807, 2.05) is 51.1 Å². The highest BCUT2D eigenvalue weighted by atomic mass is 19.4. The molecule has 0 aromatic heterocycles. The van der Waals surface area contributed by atoms with E-state index in [0.717, 1.165) is 18.4 Å². The fourth-order valence-electron chi connectivity index (χ4n) is 8.76. The maximum Gasteiger partial charge on any atom is 0.403 e. The van der Waals surface area contributed by atoms with Crippen LogP contribution in [0.15, 0.2) is 30.3 Å². The van der Waals surface area contributed by atoms with Crippen LogP contribution in [0.2, 0.25) is 0 Å². The third-order valence-corrected chi connectivity index (χ3v) is 10.9. The van der Waals surface area contributed by atoms with Crippen LogP contribution in [-0.2, 0) is 9.59 Å². The molecule has 10 heteroatoms. The summed E-state index contributed by atoms with van der Waals surface area (Å²) >= 11 is 0. The number of urea groups is 1. The number of carbonyl (C=O) groups is 3. The van der Waals surface area contributed by atoms with E-state index in [9.17, 15) is 27.6 Å². The van der Waals surface area contributed by atoms with Crippen molar-refractivity contribution in [1.29, 1.82) is 0 Å². The summed E-state index contributed by atoms with van der Waals surface area (Å²) in [6.45, 7) is 7.37.